The van der Waals surface area contributed by atoms with Crippen LogP contribution in [0.5, 0.6) is 5.75 Å². The summed E-state index contributed by atoms with van der Waals surface area (Å²) in [5, 5.41) is 10.2. The maximum Gasteiger partial charge on any atom is 0.137 e. The Morgan fingerprint density at radius 3 is 2.65 bits per heavy atom. The van der Waals surface area contributed by atoms with E-state index in [0.29, 0.717) is 11.3 Å². The van der Waals surface area contributed by atoms with Crippen LogP contribution in [0, 0.1) is 6.92 Å². The lowest BCUT2D eigenvalue weighted by atomic mass is 10.0. The summed E-state index contributed by atoms with van der Waals surface area (Å²) in [6.45, 7) is 1.91. The van der Waals surface area contributed by atoms with Gasteiger partial charge < -0.3 is 9.84 Å². The van der Waals surface area contributed by atoms with E-state index in [-0.39, 0.29) is 0 Å². The zero-order valence-corrected chi connectivity index (χ0v) is 9.79. The molecule has 1 N–H and O–H groups in total. The highest BCUT2D eigenvalue weighted by molar-refractivity contribution is 5.31. The lowest BCUT2D eigenvalue weighted by Gasteiger charge is -2.11. The largest absolute Gasteiger partial charge is 0.495 e. The quantitative estimate of drug-likeness (QED) is 0.874. The molecule has 0 bridgehead atoms. The molecule has 2 aromatic heterocycles. The lowest BCUT2D eigenvalue weighted by molar-refractivity contribution is 0.219. The number of pyridine rings is 2. The first kappa shape index (κ1) is 11.5. The van der Waals surface area contributed by atoms with Crippen molar-refractivity contribution in [1.82, 2.24) is 9.97 Å². The summed E-state index contributed by atoms with van der Waals surface area (Å²) in [6, 6.07) is 5.48. The van der Waals surface area contributed by atoms with Gasteiger partial charge in [0.05, 0.1) is 13.3 Å². The number of aliphatic hydroxyl groups excluding tert-OH is 1. The standard InChI is InChI=1S/C13H14N2O2/c1-9-3-4-10(7-15-9)13(16)11-5-12(17-2)8-14-6-11/h3-8,13,16H,1-2H3. The van der Waals surface area contributed by atoms with Gasteiger partial charge in [0.15, 0.2) is 0 Å². The van der Waals surface area contributed by atoms with Gasteiger partial charge in [-0.15, -0.1) is 0 Å². The van der Waals surface area contributed by atoms with E-state index < -0.39 is 6.10 Å². The molecule has 0 aliphatic heterocycles. The topological polar surface area (TPSA) is 55.2 Å². The second-order valence-corrected chi connectivity index (χ2v) is 3.79. The molecule has 0 aromatic carbocycles. The zero-order valence-electron chi connectivity index (χ0n) is 9.79. The zero-order chi connectivity index (χ0) is 12.3. The van der Waals surface area contributed by atoms with Crippen LogP contribution in [0.15, 0.2) is 36.8 Å². The second-order valence-electron chi connectivity index (χ2n) is 3.79. The number of aryl methyl sites for hydroxylation is 1. The number of aromatic nitrogens is 2. The SMILES string of the molecule is COc1cncc(C(O)c2ccc(C)nc2)c1. The first-order valence-electron chi connectivity index (χ1n) is 5.30. The normalized spacial score (nSPS) is 12.2. The fraction of sp³-hybridized carbons (Fsp3) is 0.231. The molecule has 1 unspecified atom stereocenters. The van der Waals surface area contributed by atoms with Crippen molar-refractivity contribution < 1.29 is 9.84 Å². The molecule has 0 amide bonds. The Labute approximate surface area is 99.9 Å². The number of nitrogens with zero attached hydrogens (tertiary/aromatic N) is 2. The minimum atomic E-state index is -0.731. The van der Waals surface area contributed by atoms with Crippen molar-refractivity contribution in [3.63, 3.8) is 0 Å². The number of hydrogen-bond acceptors (Lipinski definition) is 4. The van der Waals surface area contributed by atoms with E-state index in [4.69, 9.17) is 4.74 Å². The van der Waals surface area contributed by atoms with Crippen LogP contribution in [0.4, 0.5) is 0 Å². The van der Waals surface area contributed by atoms with Crippen molar-refractivity contribution in [2.75, 3.05) is 7.11 Å². The predicted molar refractivity (Wildman–Crippen MR) is 63.8 cm³/mol. The molecule has 0 spiro atoms. The summed E-state index contributed by atoms with van der Waals surface area (Å²) in [7, 11) is 1.57. The molecule has 1 atom stereocenters. The number of rotatable bonds is 3. The van der Waals surface area contributed by atoms with Crippen molar-refractivity contribution in [3.05, 3.63) is 53.6 Å². The number of methoxy groups -OCH3 is 1. The number of ether oxygens (including phenoxy) is 1. The van der Waals surface area contributed by atoms with Crippen molar-refractivity contribution in [3.8, 4) is 5.75 Å². The van der Waals surface area contributed by atoms with Crippen molar-refractivity contribution in [2.45, 2.75) is 13.0 Å². The molecular formula is C13H14N2O2. The van der Waals surface area contributed by atoms with E-state index in [0.717, 1.165) is 11.3 Å². The highest BCUT2D eigenvalue weighted by Gasteiger charge is 2.11. The molecule has 4 heteroatoms. The average molecular weight is 230 g/mol. The Morgan fingerprint density at radius 2 is 2.00 bits per heavy atom. The smallest absolute Gasteiger partial charge is 0.137 e. The molecule has 2 heterocycles. The van der Waals surface area contributed by atoms with Gasteiger partial charge in [-0.2, -0.15) is 0 Å². The molecule has 17 heavy (non-hydrogen) atoms. The van der Waals surface area contributed by atoms with Crippen LogP contribution in [0.2, 0.25) is 0 Å². The Hall–Kier alpha value is -1.94. The lowest BCUT2D eigenvalue weighted by Crippen LogP contribution is -2.01. The van der Waals surface area contributed by atoms with Gasteiger partial charge in [-0.05, 0) is 19.1 Å². The van der Waals surface area contributed by atoms with Gasteiger partial charge in [0.25, 0.3) is 0 Å². The van der Waals surface area contributed by atoms with Gasteiger partial charge in [0.2, 0.25) is 0 Å². The summed E-state index contributed by atoms with van der Waals surface area (Å²) < 4.78 is 5.07. The average Bonchev–Trinajstić information content (AvgIpc) is 2.39. The first-order valence-corrected chi connectivity index (χ1v) is 5.30. The van der Waals surface area contributed by atoms with Crippen molar-refractivity contribution in [1.29, 1.82) is 0 Å². The summed E-state index contributed by atoms with van der Waals surface area (Å²) in [4.78, 5) is 8.17. The van der Waals surface area contributed by atoms with E-state index in [1.54, 1.807) is 31.8 Å². The predicted octanol–water partition coefficient (Wildman–Crippen LogP) is 1.88. The van der Waals surface area contributed by atoms with Gasteiger partial charge in [-0.25, -0.2) is 0 Å². The number of aliphatic hydroxyl groups is 1. The first-order chi connectivity index (χ1) is 8.20. The van der Waals surface area contributed by atoms with E-state index in [1.165, 1.54) is 0 Å². The summed E-state index contributed by atoms with van der Waals surface area (Å²) in [5.41, 5.74) is 2.35. The van der Waals surface area contributed by atoms with Crippen LogP contribution in [0.3, 0.4) is 0 Å². The van der Waals surface area contributed by atoms with E-state index in [1.807, 2.05) is 19.1 Å². The van der Waals surface area contributed by atoms with E-state index in [2.05, 4.69) is 9.97 Å². The third-order valence-corrected chi connectivity index (χ3v) is 2.54. The summed E-state index contributed by atoms with van der Waals surface area (Å²) in [5.74, 6) is 0.627. The van der Waals surface area contributed by atoms with Crippen molar-refractivity contribution in [2.24, 2.45) is 0 Å². The van der Waals surface area contributed by atoms with Crippen molar-refractivity contribution >= 4 is 0 Å². The molecule has 88 valence electrons. The Morgan fingerprint density at radius 1 is 1.18 bits per heavy atom. The second kappa shape index (κ2) is 4.93. The van der Waals surface area contributed by atoms with Crippen LogP contribution >= 0.6 is 0 Å². The molecule has 2 rings (SSSR count). The van der Waals surface area contributed by atoms with Crippen LogP contribution in [-0.4, -0.2) is 22.2 Å². The molecule has 0 saturated heterocycles. The van der Waals surface area contributed by atoms with Crippen LogP contribution < -0.4 is 4.74 Å². The maximum atomic E-state index is 10.2. The fourth-order valence-electron chi connectivity index (χ4n) is 1.53. The van der Waals surface area contributed by atoms with Crippen LogP contribution in [0.25, 0.3) is 0 Å². The highest BCUT2D eigenvalue weighted by Crippen LogP contribution is 2.23. The van der Waals surface area contributed by atoms with E-state index >= 15 is 0 Å². The molecule has 0 aliphatic carbocycles. The third-order valence-electron chi connectivity index (χ3n) is 2.54. The van der Waals surface area contributed by atoms with Crippen LogP contribution in [-0.2, 0) is 0 Å². The third kappa shape index (κ3) is 2.60. The molecule has 0 radical (unpaired) electrons. The Kier molecular flexibility index (Phi) is 3.35. The molecule has 0 saturated carbocycles. The summed E-state index contributed by atoms with van der Waals surface area (Å²) in [6.07, 6.45) is 4.15. The fourth-order valence-corrected chi connectivity index (χ4v) is 1.53. The van der Waals surface area contributed by atoms with Gasteiger partial charge in [0, 0.05) is 29.2 Å². The van der Waals surface area contributed by atoms with Gasteiger partial charge in [-0.3, -0.25) is 9.97 Å². The van der Waals surface area contributed by atoms with Gasteiger partial charge in [-0.1, -0.05) is 6.07 Å². The number of hydrogen-bond donors (Lipinski definition) is 1. The Bertz CT molecular complexity index is 497. The molecule has 0 fully saturated rings. The molecule has 0 aliphatic rings. The Balaban J connectivity index is 2.29. The molecular weight excluding hydrogens is 216 g/mol. The summed E-state index contributed by atoms with van der Waals surface area (Å²) >= 11 is 0. The van der Waals surface area contributed by atoms with Gasteiger partial charge in [0.1, 0.15) is 11.9 Å². The van der Waals surface area contributed by atoms with E-state index in [9.17, 15) is 5.11 Å². The van der Waals surface area contributed by atoms with Gasteiger partial charge >= 0.3 is 0 Å². The molecule has 4 nitrogen and oxygen atoms in total. The minimum absolute atomic E-state index is 0.627. The minimum Gasteiger partial charge on any atom is -0.495 e. The molecule has 2 aromatic rings. The monoisotopic (exact) mass is 230 g/mol. The highest BCUT2D eigenvalue weighted by atomic mass is 16.5. The van der Waals surface area contributed by atoms with Crippen LogP contribution in [0.1, 0.15) is 22.9 Å². The maximum absolute atomic E-state index is 10.2.